The monoisotopic (exact) mass is 509 g/mol. The van der Waals surface area contributed by atoms with Crippen LogP contribution in [0.25, 0.3) is 16.2 Å². The van der Waals surface area contributed by atoms with Gasteiger partial charge in [-0.2, -0.15) is 18.3 Å². The summed E-state index contributed by atoms with van der Waals surface area (Å²) in [7, 11) is 0. The smallest absolute Gasteiger partial charge is 0.347 e. The molecule has 192 valence electrons. The molecule has 35 heavy (non-hydrogen) atoms. The molecular weight excluding hydrogens is 475 g/mol. The van der Waals surface area contributed by atoms with E-state index in [4.69, 9.17) is 0 Å². The molecule has 0 radical (unpaired) electrons. The summed E-state index contributed by atoms with van der Waals surface area (Å²) in [6.07, 6.45) is 2.18. The van der Waals surface area contributed by atoms with Crippen LogP contribution >= 0.6 is 11.3 Å². The van der Waals surface area contributed by atoms with Crippen LogP contribution in [0.3, 0.4) is 0 Å². The minimum Gasteiger partial charge on any atom is -0.347 e. The van der Waals surface area contributed by atoms with E-state index in [0.717, 1.165) is 57.7 Å². The van der Waals surface area contributed by atoms with Gasteiger partial charge in [0.05, 0.1) is 10.6 Å². The van der Waals surface area contributed by atoms with E-state index in [2.05, 4.69) is 34.1 Å². The van der Waals surface area contributed by atoms with Crippen molar-refractivity contribution >= 4 is 22.9 Å². The molecule has 1 N–H and O–H groups in total. The first-order chi connectivity index (χ1) is 16.7. The van der Waals surface area contributed by atoms with E-state index < -0.39 is 17.8 Å². The summed E-state index contributed by atoms with van der Waals surface area (Å²) in [5.41, 5.74) is -0.852. The molecule has 3 aromatic heterocycles. The van der Waals surface area contributed by atoms with E-state index in [1.54, 1.807) is 17.5 Å². The van der Waals surface area contributed by atoms with Crippen molar-refractivity contribution in [3.63, 3.8) is 0 Å². The van der Waals surface area contributed by atoms with Gasteiger partial charge in [0.15, 0.2) is 17.0 Å². The topological polar surface area (TPSA) is 62.5 Å². The molecule has 0 aliphatic heterocycles. The minimum atomic E-state index is -4.64. The van der Waals surface area contributed by atoms with Gasteiger partial charge in [-0.15, -0.1) is 11.3 Å². The van der Waals surface area contributed by atoms with Crippen LogP contribution in [0.15, 0.2) is 29.6 Å². The van der Waals surface area contributed by atoms with Crippen molar-refractivity contribution in [1.29, 1.82) is 0 Å². The molecule has 3 heterocycles. The Morgan fingerprint density at radius 1 is 1.14 bits per heavy atom. The van der Waals surface area contributed by atoms with Crippen molar-refractivity contribution in [2.45, 2.75) is 71.5 Å². The van der Waals surface area contributed by atoms with E-state index >= 15 is 0 Å². The third-order valence-corrected chi connectivity index (χ3v) is 6.68. The van der Waals surface area contributed by atoms with Crippen LogP contribution in [-0.4, -0.2) is 51.1 Å². The molecule has 0 saturated carbocycles. The van der Waals surface area contributed by atoms with Gasteiger partial charge in [-0.1, -0.05) is 45.6 Å². The number of thiophene rings is 1. The fraction of sp³-hybridized carbons (Fsp3) is 0.560. The van der Waals surface area contributed by atoms with E-state index in [9.17, 15) is 18.0 Å². The number of fused-ring (bicyclic) bond motifs is 1. The second kappa shape index (κ2) is 12.5. The molecule has 0 fully saturated rings. The summed E-state index contributed by atoms with van der Waals surface area (Å²) in [6.45, 7) is 8.87. The average molecular weight is 510 g/mol. The van der Waals surface area contributed by atoms with Gasteiger partial charge in [-0.05, 0) is 50.4 Å². The Labute approximate surface area is 208 Å². The Bertz CT molecular complexity index is 1070. The van der Waals surface area contributed by atoms with Crippen LogP contribution in [-0.2, 0) is 6.18 Å². The van der Waals surface area contributed by atoms with E-state index in [1.807, 2.05) is 6.92 Å². The quantitative estimate of drug-likeness (QED) is 0.276. The van der Waals surface area contributed by atoms with Gasteiger partial charge in [0.2, 0.25) is 0 Å². The van der Waals surface area contributed by atoms with Crippen molar-refractivity contribution in [2.24, 2.45) is 0 Å². The van der Waals surface area contributed by atoms with E-state index in [1.165, 1.54) is 17.4 Å². The number of rotatable bonds is 13. The highest BCUT2D eigenvalue weighted by Gasteiger charge is 2.35. The molecule has 0 aliphatic rings. The number of halogens is 3. The number of carbonyl (C=O) groups excluding carboxylic acids is 1. The second-order valence-corrected chi connectivity index (χ2v) is 9.84. The first-order valence-corrected chi connectivity index (χ1v) is 13.2. The maximum absolute atomic E-state index is 13.8. The van der Waals surface area contributed by atoms with Crippen LogP contribution < -0.4 is 5.32 Å². The van der Waals surface area contributed by atoms with Crippen molar-refractivity contribution in [1.82, 2.24) is 24.8 Å². The zero-order valence-electron chi connectivity index (χ0n) is 20.6. The number of alkyl halides is 3. The molecule has 1 amide bonds. The predicted octanol–water partition coefficient (Wildman–Crippen LogP) is 6.28. The molecule has 3 rings (SSSR count). The lowest BCUT2D eigenvalue weighted by Gasteiger charge is -2.26. The third-order valence-electron chi connectivity index (χ3n) is 5.79. The maximum Gasteiger partial charge on any atom is 0.433 e. The number of hydrogen-bond donors (Lipinski definition) is 1. The summed E-state index contributed by atoms with van der Waals surface area (Å²) in [5, 5.41) is 8.65. The number of unbranched alkanes of at least 4 members (excludes halogenated alkanes) is 4. The van der Waals surface area contributed by atoms with Crippen LogP contribution in [0, 0.1) is 0 Å². The second-order valence-electron chi connectivity index (χ2n) is 8.89. The highest BCUT2D eigenvalue weighted by Crippen LogP contribution is 2.33. The maximum atomic E-state index is 13.8. The number of aromatic nitrogens is 3. The van der Waals surface area contributed by atoms with Crippen LogP contribution in [0.5, 0.6) is 0 Å². The standard InChI is InChI=1S/C25H34F3N5OS/c1-4-6-8-12-32(13-9-7-5-2)17-18(3)29-24(34)20-16-23-30-19(21-11-10-14-35-21)15-22(25(26,27)28)33(23)31-20/h10-11,14-16,18H,4-9,12-13,17H2,1-3H3,(H,29,34). The Hall–Kier alpha value is -2.46. The Morgan fingerprint density at radius 3 is 2.40 bits per heavy atom. The molecule has 0 spiro atoms. The SMILES string of the molecule is CCCCCN(CCCCC)CC(C)NC(=O)c1cc2nc(-c3cccs3)cc(C(F)(F)F)n2n1. The van der Waals surface area contributed by atoms with Gasteiger partial charge < -0.3 is 10.2 Å². The zero-order valence-corrected chi connectivity index (χ0v) is 21.4. The van der Waals surface area contributed by atoms with Crippen molar-refractivity contribution in [2.75, 3.05) is 19.6 Å². The molecule has 0 bridgehead atoms. The molecule has 3 aromatic rings. The highest BCUT2D eigenvalue weighted by molar-refractivity contribution is 7.13. The van der Waals surface area contributed by atoms with Gasteiger partial charge in [-0.3, -0.25) is 4.79 Å². The molecule has 0 aromatic carbocycles. The Kier molecular flexibility index (Phi) is 9.68. The van der Waals surface area contributed by atoms with Gasteiger partial charge in [0, 0.05) is 18.7 Å². The molecule has 0 aliphatic carbocycles. The van der Waals surface area contributed by atoms with Gasteiger partial charge in [0.25, 0.3) is 5.91 Å². The van der Waals surface area contributed by atoms with Crippen molar-refractivity contribution < 1.29 is 18.0 Å². The van der Waals surface area contributed by atoms with Crippen LogP contribution in [0.4, 0.5) is 13.2 Å². The summed E-state index contributed by atoms with van der Waals surface area (Å²) in [5.74, 6) is -0.504. The molecule has 0 saturated heterocycles. The van der Waals surface area contributed by atoms with Gasteiger partial charge in [0.1, 0.15) is 0 Å². The molecule has 10 heteroatoms. The fourth-order valence-corrected chi connectivity index (χ4v) is 4.72. The zero-order chi connectivity index (χ0) is 25.4. The summed E-state index contributed by atoms with van der Waals surface area (Å²) < 4.78 is 42.0. The number of hydrogen-bond acceptors (Lipinski definition) is 5. The number of nitrogens with one attached hydrogen (secondary N) is 1. The normalized spacial score (nSPS) is 13.0. The average Bonchev–Trinajstić information content (AvgIpc) is 3.48. The minimum absolute atomic E-state index is 0.0122. The van der Waals surface area contributed by atoms with E-state index in [-0.39, 0.29) is 23.1 Å². The van der Waals surface area contributed by atoms with Crippen LogP contribution in [0.1, 0.15) is 75.5 Å². The Balaban J connectivity index is 1.76. The predicted molar refractivity (Wildman–Crippen MR) is 134 cm³/mol. The fourth-order valence-electron chi connectivity index (χ4n) is 4.03. The first kappa shape index (κ1) is 27.1. The van der Waals surface area contributed by atoms with Crippen LogP contribution in [0.2, 0.25) is 0 Å². The molecular formula is C25H34F3N5OS. The lowest BCUT2D eigenvalue weighted by Crippen LogP contribution is -2.42. The molecule has 6 nitrogen and oxygen atoms in total. The number of carbonyl (C=O) groups is 1. The largest absolute Gasteiger partial charge is 0.433 e. The van der Waals surface area contributed by atoms with Crippen molar-refractivity contribution in [3.05, 3.63) is 41.0 Å². The third kappa shape index (κ3) is 7.51. The summed E-state index contributed by atoms with van der Waals surface area (Å²) in [6, 6.07) is 5.58. The summed E-state index contributed by atoms with van der Waals surface area (Å²) in [4.78, 5) is 20.2. The number of amides is 1. The molecule has 1 atom stereocenters. The number of nitrogens with zero attached hydrogens (tertiary/aromatic N) is 4. The highest BCUT2D eigenvalue weighted by atomic mass is 32.1. The lowest BCUT2D eigenvalue weighted by atomic mass is 10.2. The summed E-state index contributed by atoms with van der Waals surface area (Å²) >= 11 is 1.30. The van der Waals surface area contributed by atoms with Gasteiger partial charge in [-0.25, -0.2) is 9.50 Å². The lowest BCUT2D eigenvalue weighted by molar-refractivity contribution is -0.142. The van der Waals surface area contributed by atoms with Crippen molar-refractivity contribution in [3.8, 4) is 10.6 Å². The first-order valence-electron chi connectivity index (χ1n) is 12.3. The van der Waals surface area contributed by atoms with Gasteiger partial charge >= 0.3 is 6.18 Å². The molecule has 1 unspecified atom stereocenters. The Morgan fingerprint density at radius 2 is 1.83 bits per heavy atom. The van der Waals surface area contributed by atoms with E-state index in [0.29, 0.717) is 15.9 Å².